The molecule has 0 radical (unpaired) electrons. The van der Waals surface area contributed by atoms with Gasteiger partial charge < -0.3 is 5.32 Å². The lowest BCUT2D eigenvalue weighted by atomic mass is 9.80. The normalized spacial score (nSPS) is 20.4. The smallest absolute Gasteiger partial charge is 0.142 e. The molecule has 0 amide bonds. The van der Waals surface area contributed by atoms with Crippen molar-refractivity contribution in [2.45, 2.75) is 25.8 Å². The van der Waals surface area contributed by atoms with E-state index in [4.69, 9.17) is 5.26 Å². The number of halogens is 1. The summed E-state index contributed by atoms with van der Waals surface area (Å²) in [6, 6.07) is 12.6. The minimum absolute atomic E-state index is 0.0193. The second-order valence-electron chi connectivity index (χ2n) is 5.47. The van der Waals surface area contributed by atoms with E-state index in [-0.39, 0.29) is 11.9 Å². The summed E-state index contributed by atoms with van der Waals surface area (Å²) >= 11 is 0. The Balaban J connectivity index is 1.95. The van der Waals surface area contributed by atoms with Crippen LogP contribution < -0.4 is 5.32 Å². The second-order valence-corrected chi connectivity index (χ2v) is 5.47. The van der Waals surface area contributed by atoms with E-state index in [1.54, 1.807) is 18.2 Å². The largest absolute Gasteiger partial charge is 0.363 e. The fraction of sp³-hybridized carbons (Fsp3) is 0.294. The summed E-state index contributed by atoms with van der Waals surface area (Å²) in [6.07, 6.45) is 1.70. The molecule has 21 heavy (non-hydrogen) atoms. The maximum Gasteiger partial charge on any atom is 0.142 e. The molecule has 4 heteroatoms. The monoisotopic (exact) mass is 281 g/mol. The fourth-order valence-electron chi connectivity index (χ4n) is 2.93. The number of hydrogen-bond donors (Lipinski definition) is 1. The Kier molecular flexibility index (Phi) is 3.57. The van der Waals surface area contributed by atoms with E-state index in [9.17, 15) is 4.39 Å². The highest BCUT2D eigenvalue weighted by Crippen LogP contribution is 2.37. The molecule has 0 bridgehead atoms. The predicted octanol–water partition coefficient (Wildman–Crippen LogP) is 3.83. The molecule has 0 saturated heterocycles. The topological polar surface area (TPSA) is 48.7 Å². The van der Waals surface area contributed by atoms with Gasteiger partial charge in [0.15, 0.2) is 0 Å². The Labute approximate surface area is 123 Å². The van der Waals surface area contributed by atoms with Crippen LogP contribution in [-0.2, 0) is 6.42 Å². The van der Waals surface area contributed by atoms with Crippen LogP contribution in [0.1, 0.15) is 36.2 Å². The lowest BCUT2D eigenvalue weighted by Crippen LogP contribution is -2.26. The molecule has 2 atom stereocenters. The molecule has 106 valence electrons. The maximum absolute atomic E-state index is 13.9. The van der Waals surface area contributed by atoms with E-state index in [0.29, 0.717) is 17.4 Å². The summed E-state index contributed by atoms with van der Waals surface area (Å²) in [6.45, 7) is 2.15. The highest BCUT2D eigenvalue weighted by Gasteiger charge is 2.28. The molecular weight excluding hydrogens is 265 g/mol. The lowest BCUT2D eigenvalue weighted by Gasteiger charge is -2.32. The molecule has 0 fully saturated rings. The van der Waals surface area contributed by atoms with Crippen molar-refractivity contribution < 1.29 is 4.39 Å². The van der Waals surface area contributed by atoms with Crippen LogP contribution in [0.15, 0.2) is 36.4 Å². The average Bonchev–Trinajstić information content (AvgIpc) is 2.51. The minimum atomic E-state index is -0.134. The van der Waals surface area contributed by atoms with Crippen molar-refractivity contribution in [2.75, 3.05) is 5.32 Å². The number of anilines is 1. The van der Waals surface area contributed by atoms with Crippen LogP contribution in [0.4, 0.5) is 10.2 Å². The summed E-state index contributed by atoms with van der Waals surface area (Å²) in [5.74, 6) is 0.903. The van der Waals surface area contributed by atoms with Gasteiger partial charge in [0.1, 0.15) is 23.4 Å². The molecule has 2 aromatic rings. The third-order valence-corrected chi connectivity index (χ3v) is 4.08. The average molecular weight is 281 g/mol. The minimum Gasteiger partial charge on any atom is -0.363 e. The van der Waals surface area contributed by atoms with Gasteiger partial charge in [-0.25, -0.2) is 9.37 Å². The van der Waals surface area contributed by atoms with E-state index in [1.165, 1.54) is 6.07 Å². The van der Waals surface area contributed by atoms with Crippen molar-refractivity contribution in [1.82, 2.24) is 4.98 Å². The predicted molar refractivity (Wildman–Crippen MR) is 79.2 cm³/mol. The molecule has 3 rings (SSSR count). The summed E-state index contributed by atoms with van der Waals surface area (Å²) in [7, 11) is 0. The van der Waals surface area contributed by atoms with Gasteiger partial charge in [0.25, 0.3) is 0 Å². The number of nitrogens with zero attached hydrogens (tertiary/aromatic N) is 2. The zero-order valence-electron chi connectivity index (χ0n) is 11.8. The third-order valence-electron chi connectivity index (χ3n) is 4.08. The number of fused-ring (bicyclic) bond motifs is 1. The molecule has 1 aliphatic carbocycles. The SMILES string of the molecule is CC1CCc2c(F)cccc2C1Nc1cccc(C#N)n1. The molecule has 1 N–H and O–H groups in total. The van der Waals surface area contributed by atoms with Crippen molar-refractivity contribution in [3.63, 3.8) is 0 Å². The van der Waals surface area contributed by atoms with Gasteiger partial charge in [-0.3, -0.25) is 0 Å². The summed E-state index contributed by atoms with van der Waals surface area (Å²) in [5.41, 5.74) is 2.17. The number of nitriles is 1. The van der Waals surface area contributed by atoms with E-state index in [0.717, 1.165) is 24.0 Å². The number of nitrogens with one attached hydrogen (secondary N) is 1. The zero-order chi connectivity index (χ0) is 14.8. The number of hydrogen-bond acceptors (Lipinski definition) is 3. The molecule has 1 aliphatic rings. The van der Waals surface area contributed by atoms with Gasteiger partial charge in [-0.15, -0.1) is 0 Å². The van der Waals surface area contributed by atoms with Crippen LogP contribution in [0.5, 0.6) is 0 Å². The van der Waals surface area contributed by atoms with Gasteiger partial charge in [0.2, 0.25) is 0 Å². The van der Waals surface area contributed by atoms with Crippen LogP contribution in [0.2, 0.25) is 0 Å². The van der Waals surface area contributed by atoms with Crippen LogP contribution in [-0.4, -0.2) is 4.98 Å². The Hall–Kier alpha value is -2.41. The molecule has 1 aromatic carbocycles. The summed E-state index contributed by atoms with van der Waals surface area (Å²) in [5, 5.41) is 12.3. The first-order valence-corrected chi connectivity index (χ1v) is 7.10. The molecule has 0 spiro atoms. The first-order chi connectivity index (χ1) is 10.2. The Morgan fingerprint density at radius 1 is 1.29 bits per heavy atom. The zero-order valence-corrected chi connectivity index (χ0v) is 11.8. The Bertz CT molecular complexity index is 705. The fourth-order valence-corrected chi connectivity index (χ4v) is 2.93. The van der Waals surface area contributed by atoms with Crippen molar-refractivity contribution in [3.05, 3.63) is 59.0 Å². The Morgan fingerprint density at radius 2 is 2.10 bits per heavy atom. The highest BCUT2D eigenvalue weighted by molar-refractivity contribution is 5.44. The summed E-state index contributed by atoms with van der Waals surface area (Å²) < 4.78 is 13.9. The quantitative estimate of drug-likeness (QED) is 0.910. The molecule has 3 nitrogen and oxygen atoms in total. The van der Waals surface area contributed by atoms with E-state index >= 15 is 0 Å². The van der Waals surface area contributed by atoms with Crippen LogP contribution >= 0.6 is 0 Å². The van der Waals surface area contributed by atoms with E-state index in [2.05, 4.69) is 17.2 Å². The van der Waals surface area contributed by atoms with Crippen molar-refractivity contribution in [3.8, 4) is 6.07 Å². The highest BCUT2D eigenvalue weighted by atomic mass is 19.1. The number of pyridine rings is 1. The van der Waals surface area contributed by atoms with Gasteiger partial charge in [-0.1, -0.05) is 25.1 Å². The molecule has 2 unspecified atom stereocenters. The maximum atomic E-state index is 13.9. The van der Waals surface area contributed by atoms with Crippen LogP contribution in [0.25, 0.3) is 0 Å². The molecular formula is C17H16FN3. The van der Waals surface area contributed by atoms with Gasteiger partial charge >= 0.3 is 0 Å². The van der Waals surface area contributed by atoms with E-state index in [1.807, 2.05) is 18.2 Å². The third kappa shape index (κ3) is 2.59. The number of rotatable bonds is 2. The van der Waals surface area contributed by atoms with Crippen LogP contribution in [0.3, 0.4) is 0 Å². The first-order valence-electron chi connectivity index (χ1n) is 7.10. The van der Waals surface area contributed by atoms with Crippen LogP contribution in [0, 0.1) is 23.1 Å². The van der Waals surface area contributed by atoms with Gasteiger partial charge in [-0.05, 0) is 48.1 Å². The Morgan fingerprint density at radius 3 is 2.90 bits per heavy atom. The second kappa shape index (κ2) is 5.53. The molecule has 1 aromatic heterocycles. The molecule has 0 aliphatic heterocycles. The van der Waals surface area contributed by atoms with Crippen molar-refractivity contribution >= 4 is 5.82 Å². The number of benzene rings is 1. The standard InChI is InChI=1S/C17H16FN3/c1-11-8-9-13-14(5-3-6-15(13)18)17(11)21-16-7-2-4-12(10-19)20-16/h2-7,11,17H,8-9H2,1H3,(H,20,21). The van der Waals surface area contributed by atoms with E-state index < -0.39 is 0 Å². The number of aromatic nitrogens is 1. The van der Waals surface area contributed by atoms with Crippen molar-refractivity contribution in [1.29, 1.82) is 5.26 Å². The molecule has 0 saturated carbocycles. The van der Waals surface area contributed by atoms with Gasteiger partial charge in [0.05, 0.1) is 6.04 Å². The first kappa shape index (κ1) is 13.6. The summed E-state index contributed by atoms with van der Waals surface area (Å²) in [4.78, 5) is 4.25. The molecule has 1 heterocycles. The van der Waals surface area contributed by atoms with Gasteiger partial charge in [0, 0.05) is 0 Å². The lowest BCUT2D eigenvalue weighted by molar-refractivity contribution is 0.422. The van der Waals surface area contributed by atoms with Gasteiger partial charge in [-0.2, -0.15) is 5.26 Å². The van der Waals surface area contributed by atoms with Crippen molar-refractivity contribution in [2.24, 2.45) is 5.92 Å².